The molecule has 0 atom stereocenters. The first-order valence-electron chi connectivity index (χ1n) is 5.97. The minimum atomic E-state index is -0.592. The van der Waals surface area contributed by atoms with Gasteiger partial charge < -0.3 is 5.73 Å². The van der Waals surface area contributed by atoms with E-state index in [2.05, 4.69) is 5.32 Å². The molecule has 0 fully saturated rings. The SMILES string of the molecule is Cc1cccc(-n2c(N)c3c(cc2=O)C(=O)NC3=O)c1. The fraction of sp³-hybridized carbons (Fsp3) is 0.0714. The fourth-order valence-corrected chi connectivity index (χ4v) is 2.31. The number of fused-ring (bicyclic) bond motifs is 1. The Bertz CT molecular complexity index is 821. The van der Waals surface area contributed by atoms with Gasteiger partial charge in [0.15, 0.2) is 0 Å². The van der Waals surface area contributed by atoms with Gasteiger partial charge in [-0.1, -0.05) is 12.1 Å². The highest BCUT2D eigenvalue weighted by Crippen LogP contribution is 2.22. The van der Waals surface area contributed by atoms with Crippen LogP contribution >= 0.6 is 0 Å². The maximum atomic E-state index is 12.2. The molecular weight excluding hydrogens is 258 g/mol. The Balaban J connectivity index is 2.35. The van der Waals surface area contributed by atoms with Crippen LogP contribution in [0.25, 0.3) is 5.69 Å². The lowest BCUT2D eigenvalue weighted by Gasteiger charge is -2.12. The van der Waals surface area contributed by atoms with Crippen molar-refractivity contribution in [1.82, 2.24) is 9.88 Å². The van der Waals surface area contributed by atoms with Crippen LogP contribution < -0.4 is 16.6 Å². The molecule has 0 spiro atoms. The lowest BCUT2D eigenvalue weighted by atomic mass is 10.1. The van der Waals surface area contributed by atoms with Gasteiger partial charge in [-0.15, -0.1) is 0 Å². The zero-order chi connectivity index (χ0) is 14.4. The number of nitrogens with two attached hydrogens (primary N) is 1. The second kappa shape index (κ2) is 4.06. The number of benzene rings is 1. The largest absolute Gasteiger partial charge is 0.384 e. The van der Waals surface area contributed by atoms with Gasteiger partial charge in [-0.05, 0) is 24.6 Å². The highest BCUT2D eigenvalue weighted by atomic mass is 16.2. The van der Waals surface area contributed by atoms with Crippen LogP contribution in [0.15, 0.2) is 35.1 Å². The topological polar surface area (TPSA) is 94.2 Å². The molecule has 0 saturated heterocycles. The number of nitrogen functional groups attached to an aromatic ring is 1. The molecule has 20 heavy (non-hydrogen) atoms. The van der Waals surface area contributed by atoms with E-state index in [0.29, 0.717) is 5.69 Å². The molecule has 3 rings (SSSR count). The van der Waals surface area contributed by atoms with Crippen LogP contribution in [-0.4, -0.2) is 16.4 Å². The molecule has 2 amide bonds. The minimum absolute atomic E-state index is 0.0264. The molecule has 1 aliphatic rings. The molecule has 1 aliphatic heterocycles. The number of hydrogen-bond acceptors (Lipinski definition) is 4. The maximum absolute atomic E-state index is 12.2. The molecule has 2 heterocycles. The predicted octanol–water partition coefficient (Wildman–Crippen LogP) is 0.612. The third-order valence-corrected chi connectivity index (χ3v) is 3.21. The number of pyridine rings is 1. The van der Waals surface area contributed by atoms with Crippen molar-refractivity contribution in [3.05, 3.63) is 57.4 Å². The van der Waals surface area contributed by atoms with E-state index in [9.17, 15) is 14.4 Å². The first kappa shape index (κ1) is 12.2. The van der Waals surface area contributed by atoms with Gasteiger partial charge in [-0.2, -0.15) is 0 Å². The lowest BCUT2D eigenvalue weighted by Crippen LogP contribution is -2.24. The van der Waals surface area contributed by atoms with Gasteiger partial charge in [-0.3, -0.25) is 24.3 Å². The Kier molecular flexibility index (Phi) is 2.47. The highest BCUT2D eigenvalue weighted by molar-refractivity contribution is 6.23. The summed E-state index contributed by atoms with van der Waals surface area (Å²) in [7, 11) is 0. The molecule has 6 nitrogen and oxygen atoms in total. The van der Waals surface area contributed by atoms with Gasteiger partial charge in [0.25, 0.3) is 17.4 Å². The van der Waals surface area contributed by atoms with Crippen LogP contribution in [0.3, 0.4) is 0 Å². The van der Waals surface area contributed by atoms with Crippen LogP contribution in [-0.2, 0) is 0 Å². The van der Waals surface area contributed by atoms with Crippen molar-refractivity contribution in [3.63, 3.8) is 0 Å². The average Bonchev–Trinajstić information content (AvgIpc) is 2.64. The first-order valence-corrected chi connectivity index (χ1v) is 5.97. The number of hydrogen-bond donors (Lipinski definition) is 2. The summed E-state index contributed by atoms with van der Waals surface area (Å²) in [6, 6.07) is 8.29. The molecule has 1 aromatic heterocycles. The van der Waals surface area contributed by atoms with Crippen molar-refractivity contribution < 1.29 is 9.59 Å². The van der Waals surface area contributed by atoms with Gasteiger partial charge in [0.05, 0.1) is 16.8 Å². The standard InChI is InChI=1S/C14H11N3O3/c1-7-3-2-4-8(5-7)17-10(18)6-9-11(12(17)15)14(20)16-13(9)19/h2-6H,15H2,1H3,(H,16,19,20). The smallest absolute Gasteiger partial charge is 0.262 e. The van der Waals surface area contributed by atoms with E-state index in [1.54, 1.807) is 18.2 Å². The number of nitrogens with zero attached hydrogens (tertiary/aromatic N) is 1. The number of aryl methyl sites for hydroxylation is 1. The van der Waals surface area contributed by atoms with Gasteiger partial charge in [0, 0.05) is 6.07 Å². The van der Waals surface area contributed by atoms with Crippen LogP contribution in [0.1, 0.15) is 26.3 Å². The Labute approximate surface area is 113 Å². The number of anilines is 1. The summed E-state index contributed by atoms with van der Waals surface area (Å²) in [6.45, 7) is 1.88. The first-order chi connectivity index (χ1) is 9.49. The molecule has 2 aromatic rings. The van der Waals surface area contributed by atoms with Gasteiger partial charge in [0.2, 0.25) is 0 Å². The molecule has 100 valence electrons. The van der Waals surface area contributed by atoms with Crippen molar-refractivity contribution in [1.29, 1.82) is 0 Å². The number of imide groups is 1. The predicted molar refractivity (Wildman–Crippen MR) is 73.0 cm³/mol. The number of carbonyl (C=O) groups is 2. The molecule has 0 aliphatic carbocycles. The Hall–Kier alpha value is -2.89. The minimum Gasteiger partial charge on any atom is -0.384 e. The zero-order valence-electron chi connectivity index (χ0n) is 10.6. The molecule has 0 radical (unpaired) electrons. The summed E-state index contributed by atoms with van der Waals surface area (Å²) in [5.41, 5.74) is 7.07. The van der Waals surface area contributed by atoms with Crippen LogP contribution in [0.2, 0.25) is 0 Å². The summed E-state index contributed by atoms with van der Waals surface area (Å²) >= 11 is 0. The molecular formula is C14H11N3O3. The monoisotopic (exact) mass is 269 g/mol. The number of carbonyl (C=O) groups excluding carboxylic acids is 2. The lowest BCUT2D eigenvalue weighted by molar-refractivity contribution is 0.0880. The zero-order valence-corrected chi connectivity index (χ0v) is 10.6. The van der Waals surface area contributed by atoms with Crippen molar-refractivity contribution in [2.75, 3.05) is 5.73 Å². The third-order valence-electron chi connectivity index (χ3n) is 3.21. The highest BCUT2D eigenvalue weighted by Gasteiger charge is 2.31. The number of nitrogens with one attached hydrogen (secondary N) is 1. The van der Waals surface area contributed by atoms with E-state index in [1.807, 2.05) is 13.0 Å². The second-order valence-electron chi connectivity index (χ2n) is 4.61. The van der Waals surface area contributed by atoms with E-state index in [4.69, 9.17) is 5.73 Å². The number of rotatable bonds is 1. The summed E-state index contributed by atoms with van der Waals surface area (Å²) in [4.78, 5) is 35.4. The summed E-state index contributed by atoms with van der Waals surface area (Å²) < 4.78 is 1.23. The molecule has 0 saturated carbocycles. The van der Waals surface area contributed by atoms with Gasteiger partial charge in [-0.25, -0.2) is 0 Å². The quantitative estimate of drug-likeness (QED) is 0.742. The van der Waals surface area contributed by atoms with E-state index in [0.717, 1.165) is 11.6 Å². The third kappa shape index (κ3) is 1.62. The molecule has 0 bridgehead atoms. The molecule has 6 heteroatoms. The van der Waals surface area contributed by atoms with E-state index in [1.165, 1.54) is 4.57 Å². The van der Waals surface area contributed by atoms with Crippen LogP contribution in [0.4, 0.5) is 5.82 Å². The molecule has 0 unspecified atom stereocenters. The van der Waals surface area contributed by atoms with Gasteiger partial charge in [0.1, 0.15) is 5.82 Å². The molecule has 1 aromatic carbocycles. The fourth-order valence-electron chi connectivity index (χ4n) is 2.31. The van der Waals surface area contributed by atoms with Gasteiger partial charge >= 0.3 is 0 Å². The summed E-state index contributed by atoms with van der Waals surface area (Å²) in [5, 5.41) is 2.13. The maximum Gasteiger partial charge on any atom is 0.262 e. The number of aromatic nitrogens is 1. The van der Waals surface area contributed by atoms with E-state index < -0.39 is 17.4 Å². The number of amides is 2. The summed E-state index contributed by atoms with van der Waals surface area (Å²) in [5.74, 6) is -1.20. The Morgan fingerprint density at radius 3 is 2.55 bits per heavy atom. The van der Waals surface area contributed by atoms with Crippen molar-refractivity contribution in [2.24, 2.45) is 0 Å². The van der Waals surface area contributed by atoms with Crippen molar-refractivity contribution in [3.8, 4) is 5.69 Å². The van der Waals surface area contributed by atoms with Crippen molar-refractivity contribution in [2.45, 2.75) is 6.92 Å². The second-order valence-corrected chi connectivity index (χ2v) is 4.61. The summed E-state index contributed by atoms with van der Waals surface area (Å²) in [6.07, 6.45) is 0. The van der Waals surface area contributed by atoms with Crippen LogP contribution in [0.5, 0.6) is 0 Å². The van der Waals surface area contributed by atoms with Crippen LogP contribution in [0, 0.1) is 6.92 Å². The molecule has 3 N–H and O–H groups in total. The average molecular weight is 269 g/mol. The van der Waals surface area contributed by atoms with E-state index in [-0.39, 0.29) is 16.9 Å². The normalized spacial score (nSPS) is 13.2. The Morgan fingerprint density at radius 2 is 1.85 bits per heavy atom. The van der Waals surface area contributed by atoms with Crippen molar-refractivity contribution >= 4 is 17.6 Å². The van der Waals surface area contributed by atoms with E-state index >= 15 is 0 Å². The Morgan fingerprint density at radius 1 is 1.10 bits per heavy atom.